The van der Waals surface area contributed by atoms with Gasteiger partial charge >= 0.3 is 12.4 Å². The maximum atomic E-state index is 12.8. The Kier molecular flexibility index (Phi) is 7.31. The van der Waals surface area contributed by atoms with E-state index in [0.29, 0.717) is 12.1 Å². The number of carbonyl (C=O) groups is 1. The van der Waals surface area contributed by atoms with Gasteiger partial charge in [-0.15, -0.1) is 0 Å². The van der Waals surface area contributed by atoms with Crippen LogP contribution in [0.15, 0.2) is 18.2 Å². The molecular weight excluding hydrogens is 348 g/mol. The van der Waals surface area contributed by atoms with Crippen molar-refractivity contribution in [1.82, 2.24) is 5.32 Å². The molecule has 2 nitrogen and oxygen atoms in total. The van der Waals surface area contributed by atoms with E-state index in [2.05, 4.69) is 5.32 Å². The fourth-order valence-corrected chi connectivity index (χ4v) is 2.59. The van der Waals surface area contributed by atoms with E-state index in [4.69, 9.17) is 0 Å². The smallest absolute Gasteiger partial charge is 0.352 e. The van der Waals surface area contributed by atoms with E-state index >= 15 is 0 Å². The van der Waals surface area contributed by atoms with Gasteiger partial charge in [0, 0.05) is 12.1 Å². The largest absolute Gasteiger partial charge is 0.416 e. The molecule has 25 heavy (non-hydrogen) atoms. The van der Waals surface area contributed by atoms with Crippen molar-refractivity contribution in [1.29, 1.82) is 0 Å². The Balaban J connectivity index is 3.04. The summed E-state index contributed by atoms with van der Waals surface area (Å²) in [7, 11) is 0. The van der Waals surface area contributed by atoms with Crippen LogP contribution in [0.3, 0.4) is 0 Å². The zero-order chi connectivity index (χ0) is 19.3. The molecule has 8 heteroatoms. The van der Waals surface area contributed by atoms with E-state index in [1.165, 1.54) is 0 Å². The number of halogens is 6. The van der Waals surface area contributed by atoms with E-state index in [0.717, 1.165) is 25.7 Å². The maximum Gasteiger partial charge on any atom is 0.416 e. The minimum atomic E-state index is -4.97. The average Bonchev–Trinajstić information content (AvgIpc) is 2.50. The summed E-state index contributed by atoms with van der Waals surface area (Å²) in [4.78, 5) is 12.1. The predicted octanol–water partition coefficient (Wildman–Crippen LogP) is 5.67. The molecule has 1 amide bonds. The first-order valence-corrected chi connectivity index (χ1v) is 8.06. The number of hydrogen-bond donors (Lipinski definition) is 1. The molecule has 0 heterocycles. The standard InChI is InChI=1S/C17H21F6NO/c1-3-5-11(6-4-2)10-24-15(25)12-7-13(16(18,19)20)9-14(8-12)17(21,22)23/h7-9,11H,3-6,10H2,1-2H3,(H,24,25). The second-order valence-electron chi connectivity index (χ2n) is 5.95. The van der Waals surface area contributed by atoms with Crippen molar-refractivity contribution in [3.05, 3.63) is 34.9 Å². The van der Waals surface area contributed by atoms with E-state index in [-0.39, 0.29) is 18.5 Å². The van der Waals surface area contributed by atoms with Crippen molar-refractivity contribution in [2.75, 3.05) is 6.54 Å². The Bertz CT molecular complexity index is 541. The Morgan fingerprint density at radius 1 is 0.920 bits per heavy atom. The highest BCUT2D eigenvalue weighted by atomic mass is 19.4. The average molecular weight is 369 g/mol. The third-order valence-electron chi connectivity index (χ3n) is 3.79. The van der Waals surface area contributed by atoms with Crippen LogP contribution in [0.5, 0.6) is 0 Å². The zero-order valence-electron chi connectivity index (χ0n) is 14.0. The number of carbonyl (C=O) groups excluding carboxylic acids is 1. The van der Waals surface area contributed by atoms with Crippen molar-refractivity contribution >= 4 is 5.91 Å². The van der Waals surface area contributed by atoms with Crippen molar-refractivity contribution < 1.29 is 31.1 Å². The summed E-state index contributed by atoms with van der Waals surface area (Å²) in [5, 5.41) is 2.45. The van der Waals surface area contributed by atoms with Gasteiger partial charge in [0.25, 0.3) is 5.91 Å². The number of alkyl halides is 6. The van der Waals surface area contributed by atoms with Gasteiger partial charge in [0.2, 0.25) is 0 Å². The molecule has 0 aromatic heterocycles. The molecule has 0 saturated carbocycles. The number of benzene rings is 1. The molecule has 0 spiro atoms. The fourth-order valence-electron chi connectivity index (χ4n) is 2.59. The van der Waals surface area contributed by atoms with E-state index in [1.54, 1.807) is 0 Å². The van der Waals surface area contributed by atoms with Crippen LogP contribution in [0, 0.1) is 5.92 Å². The highest BCUT2D eigenvalue weighted by Gasteiger charge is 2.37. The molecular formula is C17H21F6NO. The number of amides is 1. The second kappa shape index (κ2) is 8.58. The fraction of sp³-hybridized carbons (Fsp3) is 0.588. The monoisotopic (exact) mass is 369 g/mol. The Morgan fingerprint density at radius 3 is 1.72 bits per heavy atom. The molecule has 0 saturated heterocycles. The SMILES string of the molecule is CCCC(CCC)CNC(=O)c1cc(C(F)(F)F)cc(C(F)(F)F)c1. The summed E-state index contributed by atoms with van der Waals surface area (Å²) in [6.45, 7) is 4.15. The molecule has 1 rings (SSSR count). The Morgan fingerprint density at radius 2 is 1.36 bits per heavy atom. The van der Waals surface area contributed by atoms with Crippen LogP contribution in [0.25, 0.3) is 0 Å². The number of hydrogen-bond acceptors (Lipinski definition) is 1. The first kappa shape index (κ1) is 21.3. The quantitative estimate of drug-likeness (QED) is 0.617. The van der Waals surface area contributed by atoms with E-state index in [9.17, 15) is 31.1 Å². The lowest BCUT2D eigenvalue weighted by Crippen LogP contribution is -2.30. The minimum absolute atomic E-state index is 0.00769. The van der Waals surface area contributed by atoms with Gasteiger partial charge in [0.05, 0.1) is 11.1 Å². The molecule has 0 atom stereocenters. The minimum Gasteiger partial charge on any atom is -0.352 e. The highest BCUT2D eigenvalue weighted by molar-refractivity contribution is 5.94. The van der Waals surface area contributed by atoms with Gasteiger partial charge in [-0.05, 0) is 37.0 Å². The van der Waals surface area contributed by atoms with E-state index < -0.39 is 35.0 Å². The van der Waals surface area contributed by atoms with Crippen LogP contribution < -0.4 is 5.32 Å². The molecule has 1 aromatic carbocycles. The lowest BCUT2D eigenvalue weighted by Gasteiger charge is -2.17. The first-order valence-electron chi connectivity index (χ1n) is 8.06. The summed E-state index contributed by atoms with van der Waals surface area (Å²) in [6, 6.07) is 0.895. The third kappa shape index (κ3) is 6.59. The van der Waals surface area contributed by atoms with Crippen molar-refractivity contribution in [2.24, 2.45) is 5.92 Å². The summed E-state index contributed by atoms with van der Waals surface area (Å²) in [5.74, 6) is -0.791. The van der Waals surface area contributed by atoms with Gasteiger partial charge in [-0.2, -0.15) is 26.3 Å². The van der Waals surface area contributed by atoms with Crippen LogP contribution in [-0.4, -0.2) is 12.5 Å². The zero-order valence-corrected chi connectivity index (χ0v) is 14.0. The van der Waals surface area contributed by atoms with Crippen LogP contribution in [0.2, 0.25) is 0 Å². The molecule has 0 radical (unpaired) electrons. The highest BCUT2D eigenvalue weighted by Crippen LogP contribution is 2.36. The van der Waals surface area contributed by atoms with Crippen molar-refractivity contribution in [2.45, 2.75) is 51.9 Å². The van der Waals surface area contributed by atoms with Gasteiger partial charge in [0.15, 0.2) is 0 Å². The van der Waals surface area contributed by atoms with Gasteiger partial charge < -0.3 is 5.32 Å². The lowest BCUT2D eigenvalue weighted by molar-refractivity contribution is -0.143. The molecule has 0 aliphatic carbocycles. The molecule has 0 fully saturated rings. The van der Waals surface area contributed by atoms with Gasteiger partial charge in [0.1, 0.15) is 0 Å². The number of nitrogens with one attached hydrogen (secondary N) is 1. The summed E-state index contributed by atoms with van der Waals surface area (Å²) in [5.41, 5.74) is -3.63. The molecule has 142 valence electrons. The van der Waals surface area contributed by atoms with Crippen molar-refractivity contribution in [3.63, 3.8) is 0 Å². The normalized spacial score (nSPS) is 12.5. The van der Waals surface area contributed by atoms with Crippen LogP contribution >= 0.6 is 0 Å². The summed E-state index contributed by atoms with van der Waals surface area (Å²) in [6.07, 6.45) is -6.54. The summed E-state index contributed by atoms with van der Waals surface area (Å²) < 4.78 is 76.9. The molecule has 0 aliphatic heterocycles. The lowest BCUT2D eigenvalue weighted by atomic mass is 9.98. The first-order chi connectivity index (χ1) is 11.5. The predicted molar refractivity (Wildman–Crippen MR) is 82.1 cm³/mol. The summed E-state index contributed by atoms with van der Waals surface area (Å²) >= 11 is 0. The molecule has 0 aliphatic rings. The third-order valence-corrected chi connectivity index (χ3v) is 3.79. The molecule has 1 N–H and O–H groups in total. The topological polar surface area (TPSA) is 29.1 Å². The maximum absolute atomic E-state index is 12.8. The molecule has 0 bridgehead atoms. The Labute approximate surface area is 142 Å². The van der Waals surface area contributed by atoms with Crippen LogP contribution in [0.4, 0.5) is 26.3 Å². The van der Waals surface area contributed by atoms with E-state index in [1.807, 2.05) is 13.8 Å². The van der Waals surface area contributed by atoms with Gasteiger partial charge in [-0.1, -0.05) is 26.7 Å². The molecule has 1 aromatic rings. The molecule has 0 unspecified atom stereocenters. The van der Waals surface area contributed by atoms with Crippen LogP contribution in [-0.2, 0) is 12.4 Å². The second-order valence-corrected chi connectivity index (χ2v) is 5.95. The van der Waals surface area contributed by atoms with Gasteiger partial charge in [-0.25, -0.2) is 0 Å². The number of rotatable bonds is 7. The van der Waals surface area contributed by atoms with Crippen molar-refractivity contribution in [3.8, 4) is 0 Å². The van der Waals surface area contributed by atoms with Crippen LogP contribution in [0.1, 0.15) is 61.0 Å². The Hall–Kier alpha value is -1.73. The van der Waals surface area contributed by atoms with Gasteiger partial charge in [-0.3, -0.25) is 4.79 Å².